The molecular weight excluding hydrogens is 504 g/mol. The molecule has 0 spiro atoms. The van der Waals surface area contributed by atoms with Crippen LogP contribution in [0.1, 0.15) is 67.3 Å². The van der Waals surface area contributed by atoms with E-state index in [1.165, 1.54) is 18.4 Å². The number of benzene rings is 2. The van der Waals surface area contributed by atoms with Crippen LogP contribution in [0.4, 0.5) is 0 Å². The number of amides is 2. The second kappa shape index (κ2) is 15.8. The minimum Gasteiger partial charge on any atom is -0.493 e. The highest BCUT2D eigenvalue weighted by atomic mass is 16.5. The Morgan fingerprint density at radius 1 is 0.875 bits per heavy atom. The van der Waals surface area contributed by atoms with Gasteiger partial charge < -0.3 is 23.7 Å². The number of hydrogen-bond acceptors (Lipinski definition) is 5. The SMILES string of the molecule is CCCCCc1ccc(C(=O)N(CC(=O)N(CCc2ccc(OC)c(OC)c2)Cc2ccco2)CC(C)C)cc1. The average Bonchev–Trinajstić information content (AvgIpc) is 3.48. The van der Waals surface area contributed by atoms with Crippen molar-refractivity contribution in [1.29, 1.82) is 0 Å². The summed E-state index contributed by atoms with van der Waals surface area (Å²) in [6, 6.07) is 17.3. The average molecular weight is 549 g/mol. The van der Waals surface area contributed by atoms with Crippen molar-refractivity contribution < 1.29 is 23.5 Å². The molecule has 0 bridgehead atoms. The van der Waals surface area contributed by atoms with Crippen LogP contribution in [0.15, 0.2) is 65.3 Å². The summed E-state index contributed by atoms with van der Waals surface area (Å²) < 4.78 is 16.3. The van der Waals surface area contributed by atoms with Crippen LogP contribution in [0.3, 0.4) is 0 Å². The molecular formula is C33H44N2O5. The van der Waals surface area contributed by atoms with E-state index in [0.29, 0.717) is 48.9 Å². The van der Waals surface area contributed by atoms with Crippen molar-refractivity contribution in [1.82, 2.24) is 9.80 Å². The van der Waals surface area contributed by atoms with Crippen LogP contribution in [0.2, 0.25) is 0 Å². The van der Waals surface area contributed by atoms with Gasteiger partial charge in [-0.2, -0.15) is 0 Å². The molecule has 0 aliphatic rings. The molecule has 0 fully saturated rings. The zero-order valence-electron chi connectivity index (χ0n) is 24.7. The van der Waals surface area contributed by atoms with Crippen molar-refractivity contribution in [2.24, 2.45) is 5.92 Å². The maximum absolute atomic E-state index is 13.7. The number of hydrogen-bond donors (Lipinski definition) is 0. The van der Waals surface area contributed by atoms with Gasteiger partial charge in [0.25, 0.3) is 5.91 Å². The fraction of sp³-hybridized carbons (Fsp3) is 0.455. The van der Waals surface area contributed by atoms with Crippen molar-refractivity contribution in [2.45, 2.75) is 59.4 Å². The molecule has 1 heterocycles. The zero-order chi connectivity index (χ0) is 28.9. The van der Waals surface area contributed by atoms with E-state index in [9.17, 15) is 9.59 Å². The molecule has 0 N–H and O–H groups in total. The van der Waals surface area contributed by atoms with Gasteiger partial charge >= 0.3 is 0 Å². The summed E-state index contributed by atoms with van der Waals surface area (Å²) in [6.07, 6.45) is 6.76. The minimum absolute atomic E-state index is 0.00189. The molecule has 0 aliphatic carbocycles. The quantitative estimate of drug-likeness (QED) is 0.194. The predicted molar refractivity (Wildman–Crippen MR) is 158 cm³/mol. The number of rotatable bonds is 16. The number of ether oxygens (including phenoxy) is 2. The predicted octanol–water partition coefficient (Wildman–Crippen LogP) is 6.40. The molecule has 3 aromatic rings. The van der Waals surface area contributed by atoms with E-state index < -0.39 is 0 Å². The van der Waals surface area contributed by atoms with E-state index in [0.717, 1.165) is 18.4 Å². The Morgan fingerprint density at radius 3 is 2.23 bits per heavy atom. The van der Waals surface area contributed by atoms with Gasteiger partial charge in [0.1, 0.15) is 12.3 Å². The van der Waals surface area contributed by atoms with Crippen LogP contribution in [0, 0.1) is 5.92 Å². The molecule has 3 rings (SSSR count). The van der Waals surface area contributed by atoms with E-state index in [1.807, 2.05) is 54.6 Å². The fourth-order valence-corrected chi connectivity index (χ4v) is 4.68. The molecule has 0 unspecified atom stereocenters. The molecule has 0 atom stereocenters. The maximum Gasteiger partial charge on any atom is 0.254 e. The van der Waals surface area contributed by atoms with Crippen LogP contribution in [-0.4, -0.2) is 55.5 Å². The first kappa shape index (κ1) is 30.8. The fourth-order valence-electron chi connectivity index (χ4n) is 4.68. The Hall–Kier alpha value is -3.74. The number of nitrogens with zero attached hydrogens (tertiary/aromatic N) is 2. The summed E-state index contributed by atoms with van der Waals surface area (Å²) in [6.45, 7) is 7.59. The summed E-state index contributed by atoms with van der Waals surface area (Å²) >= 11 is 0. The second-order valence-corrected chi connectivity index (χ2v) is 10.6. The van der Waals surface area contributed by atoms with Crippen molar-refractivity contribution in [2.75, 3.05) is 33.9 Å². The van der Waals surface area contributed by atoms with Crippen LogP contribution < -0.4 is 9.47 Å². The van der Waals surface area contributed by atoms with Gasteiger partial charge in [-0.05, 0) is 72.7 Å². The lowest BCUT2D eigenvalue weighted by Crippen LogP contribution is -2.44. The highest BCUT2D eigenvalue weighted by molar-refractivity contribution is 5.96. The summed E-state index contributed by atoms with van der Waals surface area (Å²) in [5, 5.41) is 0. The third-order valence-corrected chi connectivity index (χ3v) is 6.87. The third-order valence-electron chi connectivity index (χ3n) is 6.87. The molecule has 0 saturated heterocycles. The van der Waals surface area contributed by atoms with Crippen LogP contribution in [0.5, 0.6) is 11.5 Å². The monoisotopic (exact) mass is 548 g/mol. The number of aryl methyl sites for hydroxylation is 1. The summed E-state index contributed by atoms with van der Waals surface area (Å²) in [5.41, 5.74) is 2.86. The van der Waals surface area contributed by atoms with Crippen molar-refractivity contribution in [3.05, 3.63) is 83.3 Å². The Kier molecular flexibility index (Phi) is 12.1. The van der Waals surface area contributed by atoms with Gasteiger partial charge in [0, 0.05) is 18.7 Å². The van der Waals surface area contributed by atoms with Crippen LogP contribution in [-0.2, 0) is 24.2 Å². The van der Waals surface area contributed by atoms with E-state index in [2.05, 4.69) is 20.8 Å². The second-order valence-electron chi connectivity index (χ2n) is 10.6. The maximum atomic E-state index is 13.7. The summed E-state index contributed by atoms with van der Waals surface area (Å²) in [4.78, 5) is 30.7. The number of carbonyl (C=O) groups is 2. The number of furan rings is 1. The van der Waals surface area contributed by atoms with Crippen molar-refractivity contribution >= 4 is 11.8 Å². The lowest BCUT2D eigenvalue weighted by Gasteiger charge is -2.28. The summed E-state index contributed by atoms with van der Waals surface area (Å²) in [5.74, 6) is 1.97. The van der Waals surface area contributed by atoms with Gasteiger partial charge in [0.2, 0.25) is 5.91 Å². The first-order valence-electron chi connectivity index (χ1n) is 14.2. The van der Waals surface area contributed by atoms with Gasteiger partial charge in [0.15, 0.2) is 11.5 Å². The Balaban J connectivity index is 1.74. The smallest absolute Gasteiger partial charge is 0.254 e. The van der Waals surface area contributed by atoms with Crippen molar-refractivity contribution in [3.8, 4) is 11.5 Å². The van der Waals surface area contributed by atoms with Gasteiger partial charge in [-0.3, -0.25) is 9.59 Å². The van der Waals surface area contributed by atoms with Gasteiger partial charge in [-0.15, -0.1) is 0 Å². The lowest BCUT2D eigenvalue weighted by atomic mass is 10.0. The van der Waals surface area contributed by atoms with Gasteiger partial charge in [-0.25, -0.2) is 0 Å². The van der Waals surface area contributed by atoms with Gasteiger partial charge in [0.05, 0.1) is 27.0 Å². The molecule has 1 aromatic heterocycles. The molecule has 0 aliphatic heterocycles. The normalized spacial score (nSPS) is 10.9. The molecule has 0 radical (unpaired) electrons. The molecule has 7 nitrogen and oxygen atoms in total. The Labute approximate surface area is 239 Å². The van der Waals surface area contributed by atoms with Gasteiger partial charge in [-0.1, -0.05) is 51.8 Å². The minimum atomic E-state index is -0.125. The number of carbonyl (C=O) groups excluding carboxylic acids is 2. The lowest BCUT2D eigenvalue weighted by molar-refractivity contribution is -0.132. The molecule has 2 amide bonds. The van der Waals surface area contributed by atoms with E-state index in [1.54, 1.807) is 30.3 Å². The van der Waals surface area contributed by atoms with Crippen LogP contribution in [0.25, 0.3) is 0 Å². The van der Waals surface area contributed by atoms with Crippen LogP contribution >= 0.6 is 0 Å². The summed E-state index contributed by atoms with van der Waals surface area (Å²) in [7, 11) is 3.21. The standard InChI is InChI=1S/C33H44N2O5/c1-6-7-8-10-26-12-15-28(16-13-26)33(37)35(22-25(2)3)24-32(36)34(23-29-11-9-20-40-29)19-18-27-14-17-30(38-4)31(21-27)39-5/h9,11-17,20-21,25H,6-8,10,18-19,22-24H2,1-5H3. The highest BCUT2D eigenvalue weighted by Gasteiger charge is 2.24. The van der Waals surface area contributed by atoms with E-state index in [4.69, 9.17) is 13.9 Å². The highest BCUT2D eigenvalue weighted by Crippen LogP contribution is 2.28. The van der Waals surface area contributed by atoms with E-state index in [-0.39, 0.29) is 24.3 Å². The largest absolute Gasteiger partial charge is 0.493 e. The molecule has 2 aromatic carbocycles. The molecule has 40 heavy (non-hydrogen) atoms. The first-order chi connectivity index (χ1) is 19.3. The third kappa shape index (κ3) is 9.18. The molecule has 216 valence electrons. The zero-order valence-corrected chi connectivity index (χ0v) is 24.7. The molecule has 0 saturated carbocycles. The van der Waals surface area contributed by atoms with E-state index >= 15 is 0 Å². The topological polar surface area (TPSA) is 72.2 Å². The van der Waals surface area contributed by atoms with Crippen molar-refractivity contribution in [3.63, 3.8) is 0 Å². The number of unbranched alkanes of at least 4 members (excludes halogenated alkanes) is 2. The Bertz CT molecular complexity index is 1190. The Morgan fingerprint density at radius 2 is 1.60 bits per heavy atom. The molecule has 7 heteroatoms. The first-order valence-corrected chi connectivity index (χ1v) is 14.2. The number of methoxy groups -OCH3 is 2.